The zero-order chi connectivity index (χ0) is 27.7. The van der Waals surface area contributed by atoms with Crippen LogP contribution in [0.3, 0.4) is 0 Å². The highest BCUT2D eigenvalue weighted by Gasteiger charge is 2.58. The van der Waals surface area contributed by atoms with Gasteiger partial charge in [0.05, 0.1) is 11.8 Å². The van der Waals surface area contributed by atoms with Crippen molar-refractivity contribution in [1.29, 1.82) is 0 Å². The molecule has 0 N–H and O–H groups in total. The van der Waals surface area contributed by atoms with Crippen molar-refractivity contribution in [3.05, 3.63) is 24.3 Å². The first-order valence-electron chi connectivity index (χ1n) is 15.2. The Labute approximate surface area is 232 Å². The van der Waals surface area contributed by atoms with E-state index in [9.17, 15) is 14.4 Å². The minimum Gasteiger partial charge on any atom is -0.462 e. The Bertz CT molecular complexity index is 1010. The Morgan fingerprint density at radius 3 is 1.72 bits per heavy atom. The number of carbonyl (C=O) groups is 3. The fourth-order valence-electron chi connectivity index (χ4n) is 9.70. The first-order chi connectivity index (χ1) is 18.5. The van der Waals surface area contributed by atoms with E-state index in [1.54, 1.807) is 5.06 Å². The van der Waals surface area contributed by atoms with Crippen molar-refractivity contribution in [1.82, 2.24) is 5.06 Å². The van der Waals surface area contributed by atoms with Crippen LogP contribution in [0.25, 0.3) is 0 Å². The summed E-state index contributed by atoms with van der Waals surface area (Å²) in [7, 11) is 0. The molecule has 0 spiro atoms. The van der Waals surface area contributed by atoms with E-state index in [-0.39, 0.29) is 59.9 Å². The lowest BCUT2D eigenvalue weighted by atomic mass is 9.55. The molecule has 4 saturated carbocycles. The summed E-state index contributed by atoms with van der Waals surface area (Å²) in [6.07, 6.45) is 9.94. The molecule has 214 valence electrons. The molecule has 0 unspecified atom stereocenters. The van der Waals surface area contributed by atoms with Crippen LogP contribution < -0.4 is 0 Å². The molecule has 6 rings (SSSR count). The number of hydroxylamine groups is 2. The maximum atomic E-state index is 13.2. The molecule has 7 heteroatoms. The van der Waals surface area contributed by atoms with E-state index in [1.165, 1.54) is 18.1 Å². The standard InChI is InChI=1S/C32H45NO6/c1-18-8-6-10-31(4)14-27-21(12-25(18)31)23(29(35)37-27)16-33(39-20(3)34)17-24-22-13-26-19(2)9-7-11-32(26,5)15-28(22)38-30(24)36/h21-28H,1-2,6-17H2,3-5H3/t21-,22+,23+,24-,25-,26-,27-,28+,31+,32-/m0/s1. The van der Waals surface area contributed by atoms with Gasteiger partial charge in [-0.3, -0.25) is 14.4 Å². The maximum absolute atomic E-state index is 13.2. The summed E-state index contributed by atoms with van der Waals surface area (Å²) >= 11 is 0. The van der Waals surface area contributed by atoms with Gasteiger partial charge in [0.25, 0.3) is 0 Å². The van der Waals surface area contributed by atoms with Gasteiger partial charge >= 0.3 is 17.9 Å². The molecule has 10 atom stereocenters. The largest absolute Gasteiger partial charge is 0.462 e. The van der Waals surface area contributed by atoms with E-state index in [0.29, 0.717) is 11.8 Å². The Hall–Kier alpha value is -2.15. The molecule has 6 fully saturated rings. The maximum Gasteiger partial charge on any atom is 0.322 e. The smallest absolute Gasteiger partial charge is 0.322 e. The van der Waals surface area contributed by atoms with Crippen molar-refractivity contribution in [3.63, 3.8) is 0 Å². The topological polar surface area (TPSA) is 82.1 Å². The number of hydrogen-bond acceptors (Lipinski definition) is 7. The lowest BCUT2D eigenvalue weighted by Crippen LogP contribution is -2.47. The summed E-state index contributed by atoms with van der Waals surface area (Å²) in [6, 6.07) is 0. The van der Waals surface area contributed by atoms with Crippen LogP contribution in [-0.2, 0) is 28.7 Å². The Kier molecular flexibility index (Phi) is 6.76. The summed E-state index contributed by atoms with van der Waals surface area (Å²) in [4.78, 5) is 44.2. The van der Waals surface area contributed by atoms with Crippen molar-refractivity contribution >= 4 is 17.9 Å². The van der Waals surface area contributed by atoms with Gasteiger partial charge in [0.1, 0.15) is 12.2 Å². The monoisotopic (exact) mass is 539 g/mol. The second kappa shape index (κ2) is 9.74. The molecule has 2 aliphatic heterocycles. The van der Waals surface area contributed by atoms with Crippen LogP contribution in [0.2, 0.25) is 0 Å². The molecule has 4 aliphatic carbocycles. The number of esters is 2. The molecular weight excluding hydrogens is 494 g/mol. The number of rotatable bonds is 5. The normalized spacial score (nSPS) is 45.1. The summed E-state index contributed by atoms with van der Waals surface area (Å²) in [5.74, 6) is -0.767. The van der Waals surface area contributed by atoms with Gasteiger partial charge in [0.15, 0.2) is 0 Å². The molecule has 0 bridgehead atoms. The van der Waals surface area contributed by atoms with Crippen LogP contribution in [0.1, 0.15) is 85.0 Å². The highest BCUT2D eigenvalue weighted by molar-refractivity contribution is 5.77. The predicted octanol–water partition coefficient (Wildman–Crippen LogP) is 5.39. The molecule has 7 nitrogen and oxygen atoms in total. The highest BCUT2D eigenvalue weighted by atomic mass is 16.7. The quantitative estimate of drug-likeness (QED) is 0.263. The molecule has 6 aliphatic rings. The average Bonchev–Trinajstić information content (AvgIpc) is 3.30. The fraction of sp³-hybridized carbons (Fsp3) is 0.781. The summed E-state index contributed by atoms with van der Waals surface area (Å²) in [6.45, 7) is 15.3. The Balaban J connectivity index is 1.19. The summed E-state index contributed by atoms with van der Waals surface area (Å²) in [5.41, 5.74) is 2.85. The number of ether oxygens (including phenoxy) is 2. The van der Waals surface area contributed by atoms with Gasteiger partial charge in [-0.2, -0.15) is 0 Å². The van der Waals surface area contributed by atoms with Crippen molar-refractivity contribution in [2.24, 2.45) is 46.3 Å². The first kappa shape index (κ1) is 27.0. The van der Waals surface area contributed by atoms with Crippen molar-refractivity contribution < 1.29 is 28.7 Å². The molecule has 0 aromatic heterocycles. The third kappa shape index (κ3) is 4.66. The molecule has 0 aromatic carbocycles. The van der Waals surface area contributed by atoms with Crippen LogP contribution in [0, 0.1) is 46.3 Å². The van der Waals surface area contributed by atoms with Gasteiger partial charge < -0.3 is 14.3 Å². The number of fused-ring (bicyclic) bond motifs is 4. The zero-order valence-corrected chi connectivity index (χ0v) is 23.9. The van der Waals surface area contributed by atoms with Crippen molar-refractivity contribution in [2.45, 2.75) is 97.2 Å². The van der Waals surface area contributed by atoms with Gasteiger partial charge in [-0.1, -0.05) is 38.2 Å². The highest BCUT2D eigenvalue weighted by Crippen LogP contribution is 2.58. The van der Waals surface area contributed by atoms with E-state index in [4.69, 9.17) is 14.3 Å². The molecule has 0 radical (unpaired) electrons. The molecule has 2 heterocycles. The first-order valence-corrected chi connectivity index (χ1v) is 15.2. The lowest BCUT2D eigenvalue weighted by Gasteiger charge is -2.50. The Morgan fingerprint density at radius 1 is 0.872 bits per heavy atom. The fourth-order valence-corrected chi connectivity index (χ4v) is 9.70. The molecule has 0 amide bonds. The van der Waals surface area contributed by atoms with Gasteiger partial charge in [-0.25, -0.2) is 0 Å². The number of allylic oxidation sites excluding steroid dienone is 2. The molecular formula is C32H45NO6. The zero-order valence-electron chi connectivity index (χ0n) is 23.9. The van der Waals surface area contributed by atoms with E-state index in [0.717, 1.165) is 64.2 Å². The van der Waals surface area contributed by atoms with Crippen molar-refractivity contribution in [2.75, 3.05) is 13.1 Å². The van der Waals surface area contributed by atoms with Crippen LogP contribution in [0.4, 0.5) is 0 Å². The second-order valence-corrected chi connectivity index (χ2v) is 14.2. The third-order valence-electron chi connectivity index (χ3n) is 11.7. The number of nitrogens with zero attached hydrogens (tertiary/aromatic N) is 1. The average molecular weight is 540 g/mol. The van der Waals surface area contributed by atoms with Gasteiger partial charge in [0, 0.05) is 31.8 Å². The van der Waals surface area contributed by atoms with E-state index < -0.39 is 17.8 Å². The minimum atomic E-state index is -0.449. The summed E-state index contributed by atoms with van der Waals surface area (Å²) in [5, 5.41) is 1.57. The van der Waals surface area contributed by atoms with Crippen LogP contribution in [-0.4, -0.2) is 48.3 Å². The van der Waals surface area contributed by atoms with Gasteiger partial charge in [-0.15, -0.1) is 5.06 Å². The number of hydrogen-bond donors (Lipinski definition) is 0. The van der Waals surface area contributed by atoms with Crippen molar-refractivity contribution in [3.8, 4) is 0 Å². The van der Waals surface area contributed by atoms with Crippen LogP contribution in [0.5, 0.6) is 0 Å². The molecule has 39 heavy (non-hydrogen) atoms. The molecule has 2 saturated heterocycles. The van der Waals surface area contributed by atoms with E-state index in [2.05, 4.69) is 27.0 Å². The van der Waals surface area contributed by atoms with Gasteiger partial charge in [-0.05, 0) is 86.9 Å². The third-order valence-corrected chi connectivity index (χ3v) is 11.7. The Morgan fingerprint density at radius 2 is 1.31 bits per heavy atom. The van der Waals surface area contributed by atoms with Crippen LogP contribution in [0.15, 0.2) is 24.3 Å². The molecule has 0 aromatic rings. The second-order valence-electron chi connectivity index (χ2n) is 14.2. The van der Waals surface area contributed by atoms with Gasteiger partial charge in [0.2, 0.25) is 0 Å². The SMILES string of the molecule is C=C1CCC[C@@]2(C)C[C@H]3OC(=O)[C@@H](CN(C[C@H]4C(=O)O[C@H]5C[C@@]6(C)CCCC(=C)[C@@H]6C[C@H]54)OC(C)=O)[C@H]3C[C@@H]12. The summed E-state index contributed by atoms with van der Waals surface area (Å²) < 4.78 is 11.9. The van der Waals surface area contributed by atoms with Crippen LogP contribution >= 0.6 is 0 Å². The van der Waals surface area contributed by atoms with E-state index in [1.807, 2.05) is 0 Å². The number of carbonyl (C=O) groups excluding carboxylic acids is 3. The van der Waals surface area contributed by atoms with E-state index >= 15 is 0 Å². The predicted molar refractivity (Wildman–Crippen MR) is 145 cm³/mol. The minimum absolute atomic E-state index is 0.0627. The lowest BCUT2D eigenvalue weighted by molar-refractivity contribution is -0.197.